The number of fused-ring (bicyclic) bond motifs is 1. The minimum Gasteiger partial charge on any atom is -0.381 e. The maximum atomic E-state index is 13.3. The van der Waals surface area contributed by atoms with Crippen LogP contribution in [0.25, 0.3) is 0 Å². The number of nitrogens with zero attached hydrogens (tertiary/aromatic N) is 2. The molecule has 3 aliphatic rings. The molecular formula is C21H33N5O5S. The molecule has 1 saturated carbocycles. The van der Waals surface area contributed by atoms with Crippen molar-refractivity contribution >= 4 is 21.6 Å². The Labute approximate surface area is 188 Å². The molecule has 11 heteroatoms. The summed E-state index contributed by atoms with van der Waals surface area (Å²) in [5, 5.41) is 2.09. The summed E-state index contributed by atoms with van der Waals surface area (Å²) in [5.41, 5.74) is 6.37. The Morgan fingerprint density at radius 1 is 1.31 bits per heavy atom. The van der Waals surface area contributed by atoms with E-state index in [1.54, 1.807) is 16.8 Å². The lowest BCUT2D eigenvalue weighted by Crippen LogP contribution is -2.53. The minimum absolute atomic E-state index is 0.0951. The summed E-state index contributed by atoms with van der Waals surface area (Å²) in [6, 6.07) is 2.99. The van der Waals surface area contributed by atoms with Gasteiger partial charge in [-0.25, -0.2) is 8.42 Å². The molecule has 1 amide bonds. The van der Waals surface area contributed by atoms with Crippen LogP contribution in [0.1, 0.15) is 38.6 Å². The number of hydrogen-bond donors (Lipinski definition) is 3. The summed E-state index contributed by atoms with van der Waals surface area (Å²) in [4.78, 5) is 25.1. The number of anilines is 1. The van der Waals surface area contributed by atoms with Crippen molar-refractivity contribution in [3.05, 3.63) is 28.7 Å². The maximum absolute atomic E-state index is 13.3. The van der Waals surface area contributed by atoms with Crippen LogP contribution in [0.15, 0.2) is 23.1 Å². The van der Waals surface area contributed by atoms with E-state index in [2.05, 4.69) is 23.1 Å². The van der Waals surface area contributed by atoms with Crippen LogP contribution in [0.5, 0.6) is 0 Å². The van der Waals surface area contributed by atoms with Crippen LogP contribution in [0, 0.1) is 11.8 Å². The second-order valence-electron chi connectivity index (χ2n) is 9.28. The molecule has 4 unspecified atom stereocenters. The van der Waals surface area contributed by atoms with E-state index in [4.69, 9.17) is 4.74 Å². The average Bonchev–Trinajstić information content (AvgIpc) is 3.22. The van der Waals surface area contributed by atoms with Crippen LogP contribution < -0.4 is 21.7 Å². The topological polar surface area (TPSA) is 122 Å². The largest absolute Gasteiger partial charge is 0.381 e. The molecule has 3 heterocycles. The molecule has 32 heavy (non-hydrogen) atoms. The zero-order valence-electron chi connectivity index (χ0n) is 18.6. The fourth-order valence-electron chi connectivity index (χ4n) is 5.20. The summed E-state index contributed by atoms with van der Waals surface area (Å²) < 4.78 is 34.6. The van der Waals surface area contributed by atoms with E-state index in [0.717, 1.165) is 30.1 Å². The minimum atomic E-state index is -3.67. The SMILES string of the molecule is CC1CC2CNNC2C(S(=O)(=O)N(C)CC(=O)Nc2ccn(C3CCOCC3)c(=O)c2)C1. The average molecular weight is 468 g/mol. The van der Waals surface area contributed by atoms with Gasteiger partial charge in [0.05, 0.1) is 11.8 Å². The van der Waals surface area contributed by atoms with E-state index in [-0.39, 0.29) is 30.1 Å². The van der Waals surface area contributed by atoms with E-state index in [9.17, 15) is 18.0 Å². The van der Waals surface area contributed by atoms with Crippen molar-refractivity contribution in [2.24, 2.45) is 11.8 Å². The van der Waals surface area contributed by atoms with Crippen LogP contribution in [-0.4, -0.2) is 67.8 Å². The molecule has 0 aromatic carbocycles. The number of amides is 1. The standard InChI is InChI=1S/C21H33N5O5S/c1-14-9-15-12-22-24-21(15)18(10-14)32(29,30)25(2)13-19(27)23-16-3-6-26(20(28)11-16)17-4-7-31-8-5-17/h3,6,11,14-15,17-18,21-22,24H,4-5,7-10,12-13H2,1-2H3,(H,23,27). The lowest BCUT2D eigenvalue weighted by Gasteiger charge is -2.37. The Kier molecular flexibility index (Phi) is 7.01. The first kappa shape index (κ1) is 23.4. The number of hydrazine groups is 1. The van der Waals surface area contributed by atoms with E-state index in [0.29, 0.717) is 31.2 Å². The van der Waals surface area contributed by atoms with Gasteiger partial charge in [0.15, 0.2) is 0 Å². The second kappa shape index (κ2) is 9.60. The second-order valence-corrected chi connectivity index (χ2v) is 11.5. The lowest BCUT2D eigenvalue weighted by molar-refractivity contribution is -0.116. The number of ether oxygens (including phenoxy) is 1. The van der Waals surface area contributed by atoms with E-state index in [1.807, 2.05) is 0 Å². The fraction of sp³-hybridized carbons (Fsp3) is 0.714. The highest BCUT2D eigenvalue weighted by molar-refractivity contribution is 7.89. The van der Waals surface area contributed by atoms with Crippen molar-refractivity contribution < 1.29 is 17.9 Å². The van der Waals surface area contributed by atoms with E-state index >= 15 is 0 Å². The predicted octanol–water partition coefficient (Wildman–Crippen LogP) is 0.291. The quantitative estimate of drug-likeness (QED) is 0.550. The lowest BCUT2D eigenvalue weighted by atomic mass is 9.79. The predicted molar refractivity (Wildman–Crippen MR) is 121 cm³/mol. The molecule has 178 valence electrons. The first-order valence-corrected chi connectivity index (χ1v) is 12.8. The van der Waals surface area contributed by atoms with Crippen molar-refractivity contribution in [2.45, 2.75) is 49.9 Å². The number of hydrogen-bond acceptors (Lipinski definition) is 7. The number of nitrogens with one attached hydrogen (secondary N) is 3. The molecule has 10 nitrogen and oxygen atoms in total. The highest BCUT2D eigenvalue weighted by Crippen LogP contribution is 2.35. The Balaban J connectivity index is 1.39. The van der Waals surface area contributed by atoms with Crippen molar-refractivity contribution in [1.82, 2.24) is 19.7 Å². The zero-order chi connectivity index (χ0) is 22.9. The number of pyridine rings is 1. The van der Waals surface area contributed by atoms with Crippen molar-refractivity contribution in [3.8, 4) is 0 Å². The highest BCUT2D eigenvalue weighted by atomic mass is 32.2. The third-order valence-corrected chi connectivity index (χ3v) is 9.13. The van der Waals surface area contributed by atoms with Gasteiger partial charge in [0, 0.05) is 56.8 Å². The van der Waals surface area contributed by atoms with Crippen LogP contribution in [0.4, 0.5) is 5.69 Å². The summed E-state index contributed by atoms with van der Waals surface area (Å²) in [6.45, 7) is 3.78. The molecule has 0 bridgehead atoms. The Morgan fingerprint density at radius 2 is 2.06 bits per heavy atom. The third kappa shape index (κ3) is 4.91. The molecule has 4 rings (SSSR count). The van der Waals surface area contributed by atoms with Gasteiger partial charge in [-0.05, 0) is 43.6 Å². The molecule has 0 radical (unpaired) electrons. The van der Waals surface area contributed by atoms with Gasteiger partial charge in [-0.2, -0.15) is 4.31 Å². The van der Waals surface area contributed by atoms with Crippen LogP contribution >= 0.6 is 0 Å². The number of carbonyl (C=O) groups excluding carboxylic acids is 1. The van der Waals surface area contributed by atoms with Crippen molar-refractivity contribution in [1.29, 1.82) is 0 Å². The molecule has 2 aliphatic heterocycles. The molecule has 0 spiro atoms. The van der Waals surface area contributed by atoms with Gasteiger partial charge in [0.2, 0.25) is 15.9 Å². The first-order chi connectivity index (χ1) is 15.3. The Bertz CT molecular complexity index is 991. The van der Waals surface area contributed by atoms with Gasteiger partial charge in [0.1, 0.15) is 0 Å². The number of sulfonamides is 1. The molecule has 1 aromatic heterocycles. The monoisotopic (exact) mass is 467 g/mol. The summed E-state index contributed by atoms with van der Waals surface area (Å²) in [7, 11) is -2.23. The number of carbonyl (C=O) groups is 1. The smallest absolute Gasteiger partial charge is 0.252 e. The molecular weight excluding hydrogens is 434 g/mol. The first-order valence-electron chi connectivity index (χ1n) is 11.3. The number of aromatic nitrogens is 1. The maximum Gasteiger partial charge on any atom is 0.252 e. The molecule has 3 fully saturated rings. The molecule has 3 N–H and O–H groups in total. The van der Waals surface area contributed by atoms with Gasteiger partial charge < -0.3 is 14.6 Å². The highest BCUT2D eigenvalue weighted by Gasteiger charge is 2.46. The van der Waals surface area contributed by atoms with E-state index in [1.165, 1.54) is 13.1 Å². The van der Waals surface area contributed by atoms with Crippen LogP contribution in [-0.2, 0) is 19.6 Å². The summed E-state index contributed by atoms with van der Waals surface area (Å²) in [5.74, 6) is 0.0994. The van der Waals surface area contributed by atoms with Crippen molar-refractivity contribution in [2.75, 3.05) is 38.7 Å². The fourth-order valence-corrected chi connectivity index (χ4v) is 7.19. The van der Waals surface area contributed by atoms with Crippen LogP contribution in [0.3, 0.4) is 0 Å². The molecule has 1 aliphatic carbocycles. The molecule has 4 atom stereocenters. The molecule has 1 aromatic rings. The normalized spacial score (nSPS) is 29.1. The zero-order valence-corrected chi connectivity index (χ0v) is 19.4. The van der Waals surface area contributed by atoms with Gasteiger partial charge in [-0.3, -0.25) is 20.4 Å². The Morgan fingerprint density at radius 3 is 2.78 bits per heavy atom. The Hall–Kier alpha value is -1.79. The van der Waals surface area contributed by atoms with Gasteiger partial charge >= 0.3 is 0 Å². The van der Waals surface area contributed by atoms with Crippen LogP contribution in [0.2, 0.25) is 0 Å². The van der Waals surface area contributed by atoms with Gasteiger partial charge in [-0.15, -0.1) is 0 Å². The van der Waals surface area contributed by atoms with Gasteiger partial charge in [-0.1, -0.05) is 6.92 Å². The number of rotatable bonds is 6. The van der Waals surface area contributed by atoms with E-state index < -0.39 is 21.2 Å². The molecule has 2 saturated heterocycles. The third-order valence-electron chi connectivity index (χ3n) is 6.88. The van der Waals surface area contributed by atoms with Crippen molar-refractivity contribution in [3.63, 3.8) is 0 Å². The van der Waals surface area contributed by atoms with Gasteiger partial charge in [0.25, 0.3) is 5.56 Å². The number of likely N-dealkylation sites (N-methyl/N-ethyl adjacent to an activating group) is 1. The summed E-state index contributed by atoms with van der Waals surface area (Å²) in [6.07, 6.45) is 4.78. The summed E-state index contributed by atoms with van der Waals surface area (Å²) >= 11 is 0.